The average Bonchev–Trinajstić information content (AvgIpc) is 2.15. The molecule has 0 bridgehead atoms. The summed E-state index contributed by atoms with van der Waals surface area (Å²) in [5.41, 5.74) is 8.19. The number of hydrogen-bond donors (Lipinski definition) is 1. The molecule has 14 heavy (non-hydrogen) atoms. The number of nitrogens with two attached hydrogens (primary N) is 1. The van der Waals surface area contributed by atoms with Crippen molar-refractivity contribution in [2.24, 2.45) is 5.73 Å². The number of aryl methyl sites for hydroxylation is 1. The number of hydrogen-bond acceptors (Lipinski definition) is 2. The van der Waals surface area contributed by atoms with Crippen LogP contribution in [0.3, 0.4) is 0 Å². The van der Waals surface area contributed by atoms with Crippen molar-refractivity contribution in [1.82, 2.24) is 0 Å². The Morgan fingerprint density at radius 3 is 2.71 bits per heavy atom. The van der Waals surface area contributed by atoms with E-state index in [4.69, 9.17) is 10.5 Å². The Bertz CT molecular complexity index is 294. The maximum absolute atomic E-state index is 5.88. The standard InChI is InChI=1S/C12H19NO/c1-4-7-14-12-6-5-9(2)8-11(12)10(3)13/h5-6,8,10H,4,7,13H2,1-3H3/t10-/m0/s1. The van der Waals surface area contributed by atoms with E-state index in [1.54, 1.807) is 0 Å². The predicted molar refractivity (Wildman–Crippen MR) is 59.6 cm³/mol. The van der Waals surface area contributed by atoms with Gasteiger partial charge in [-0.25, -0.2) is 0 Å². The van der Waals surface area contributed by atoms with Crippen LogP contribution in [-0.4, -0.2) is 6.61 Å². The summed E-state index contributed by atoms with van der Waals surface area (Å²) < 4.78 is 5.62. The van der Waals surface area contributed by atoms with Gasteiger partial charge in [-0.3, -0.25) is 0 Å². The van der Waals surface area contributed by atoms with E-state index >= 15 is 0 Å². The second-order valence-electron chi connectivity index (χ2n) is 3.68. The van der Waals surface area contributed by atoms with Crippen molar-refractivity contribution in [2.75, 3.05) is 6.61 Å². The Balaban J connectivity index is 2.90. The summed E-state index contributed by atoms with van der Waals surface area (Å²) in [7, 11) is 0. The third-order valence-corrected chi connectivity index (χ3v) is 2.12. The SMILES string of the molecule is CCCOc1ccc(C)cc1[C@H](C)N. The molecule has 0 heterocycles. The van der Waals surface area contributed by atoms with Crippen LogP contribution in [0.2, 0.25) is 0 Å². The molecule has 2 nitrogen and oxygen atoms in total. The van der Waals surface area contributed by atoms with Gasteiger partial charge in [0.1, 0.15) is 5.75 Å². The molecule has 2 heteroatoms. The summed E-state index contributed by atoms with van der Waals surface area (Å²) in [6.07, 6.45) is 1.02. The van der Waals surface area contributed by atoms with E-state index < -0.39 is 0 Å². The first-order valence-corrected chi connectivity index (χ1v) is 5.14. The molecule has 0 aliphatic heterocycles. The fraction of sp³-hybridized carbons (Fsp3) is 0.500. The lowest BCUT2D eigenvalue weighted by molar-refractivity contribution is 0.312. The number of rotatable bonds is 4. The van der Waals surface area contributed by atoms with Gasteiger partial charge in [-0.2, -0.15) is 0 Å². The maximum Gasteiger partial charge on any atom is 0.124 e. The van der Waals surface area contributed by atoms with Gasteiger partial charge >= 0.3 is 0 Å². The van der Waals surface area contributed by atoms with E-state index in [1.807, 2.05) is 13.0 Å². The Labute approximate surface area is 86.1 Å². The van der Waals surface area contributed by atoms with E-state index in [2.05, 4.69) is 26.0 Å². The van der Waals surface area contributed by atoms with E-state index in [1.165, 1.54) is 5.56 Å². The molecule has 1 aromatic rings. The van der Waals surface area contributed by atoms with Crippen LogP contribution in [0.4, 0.5) is 0 Å². The van der Waals surface area contributed by atoms with E-state index in [-0.39, 0.29) is 6.04 Å². The summed E-state index contributed by atoms with van der Waals surface area (Å²) >= 11 is 0. The van der Waals surface area contributed by atoms with Gasteiger partial charge < -0.3 is 10.5 Å². The quantitative estimate of drug-likeness (QED) is 0.798. The molecule has 0 amide bonds. The minimum absolute atomic E-state index is 0.0294. The summed E-state index contributed by atoms with van der Waals surface area (Å²) in [5.74, 6) is 0.924. The molecule has 1 rings (SSSR count). The molecule has 0 fully saturated rings. The minimum atomic E-state index is 0.0294. The third kappa shape index (κ3) is 2.74. The van der Waals surface area contributed by atoms with Crippen molar-refractivity contribution in [3.8, 4) is 5.75 Å². The van der Waals surface area contributed by atoms with Gasteiger partial charge in [0.15, 0.2) is 0 Å². The summed E-state index contributed by atoms with van der Waals surface area (Å²) in [4.78, 5) is 0. The third-order valence-electron chi connectivity index (χ3n) is 2.12. The van der Waals surface area contributed by atoms with Gasteiger partial charge in [0.05, 0.1) is 6.61 Å². The highest BCUT2D eigenvalue weighted by Gasteiger charge is 2.07. The van der Waals surface area contributed by atoms with Gasteiger partial charge in [0, 0.05) is 11.6 Å². The van der Waals surface area contributed by atoms with Gasteiger partial charge in [-0.1, -0.05) is 24.6 Å². The van der Waals surface area contributed by atoms with Crippen LogP contribution in [0.15, 0.2) is 18.2 Å². The maximum atomic E-state index is 5.88. The topological polar surface area (TPSA) is 35.2 Å². The first-order valence-electron chi connectivity index (χ1n) is 5.14. The zero-order valence-corrected chi connectivity index (χ0v) is 9.21. The fourth-order valence-electron chi connectivity index (χ4n) is 1.37. The zero-order valence-electron chi connectivity index (χ0n) is 9.21. The zero-order chi connectivity index (χ0) is 10.6. The van der Waals surface area contributed by atoms with Crippen molar-refractivity contribution >= 4 is 0 Å². The average molecular weight is 193 g/mol. The van der Waals surface area contributed by atoms with Gasteiger partial charge in [-0.05, 0) is 26.3 Å². The Morgan fingerprint density at radius 1 is 1.43 bits per heavy atom. The van der Waals surface area contributed by atoms with Crippen LogP contribution < -0.4 is 10.5 Å². The molecular formula is C12H19NO. The Hall–Kier alpha value is -1.02. The molecule has 78 valence electrons. The van der Waals surface area contributed by atoms with Gasteiger partial charge in [0.2, 0.25) is 0 Å². The Morgan fingerprint density at radius 2 is 2.14 bits per heavy atom. The lowest BCUT2D eigenvalue weighted by atomic mass is 10.1. The molecule has 0 aliphatic rings. The van der Waals surface area contributed by atoms with Crippen molar-refractivity contribution in [2.45, 2.75) is 33.2 Å². The molecular weight excluding hydrogens is 174 g/mol. The second kappa shape index (κ2) is 5.01. The van der Waals surface area contributed by atoms with E-state index in [9.17, 15) is 0 Å². The molecule has 0 saturated carbocycles. The first kappa shape index (κ1) is 11.1. The van der Waals surface area contributed by atoms with Crippen LogP contribution >= 0.6 is 0 Å². The van der Waals surface area contributed by atoms with Crippen LogP contribution in [0, 0.1) is 6.92 Å². The molecule has 0 aromatic heterocycles. The first-order chi connectivity index (χ1) is 6.65. The number of ether oxygens (including phenoxy) is 1. The lowest BCUT2D eigenvalue weighted by Gasteiger charge is -2.14. The molecule has 2 N–H and O–H groups in total. The Kier molecular flexibility index (Phi) is 3.96. The fourth-order valence-corrected chi connectivity index (χ4v) is 1.37. The smallest absolute Gasteiger partial charge is 0.124 e. The van der Waals surface area contributed by atoms with Crippen LogP contribution in [0.25, 0.3) is 0 Å². The van der Waals surface area contributed by atoms with Crippen LogP contribution in [0.5, 0.6) is 5.75 Å². The molecule has 1 aromatic carbocycles. The van der Waals surface area contributed by atoms with Gasteiger partial charge in [-0.15, -0.1) is 0 Å². The molecule has 0 radical (unpaired) electrons. The van der Waals surface area contributed by atoms with Crippen LogP contribution in [-0.2, 0) is 0 Å². The molecule has 0 unspecified atom stereocenters. The second-order valence-corrected chi connectivity index (χ2v) is 3.68. The summed E-state index contributed by atoms with van der Waals surface area (Å²) in [6, 6.07) is 6.18. The molecule has 0 saturated heterocycles. The monoisotopic (exact) mass is 193 g/mol. The summed E-state index contributed by atoms with van der Waals surface area (Å²) in [5, 5.41) is 0. The van der Waals surface area contributed by atoms with E-state index in [0.717, 1.165) is 24.3 Å². The highest BCUT2D eigenvalue weighted by atomic mass is 16.5. The van der Waals surface area contributed by atoms with Crippen molar-refractivity contribution in [3.05, 3.63) is 29.3 Å². The van der Waals surface area contributed by atoms with Crippen molar-refractivity contribution < 1.29 is 4.74 Å². The molecule has 0 aliphatic carbocycles. The normalized spacial score (nSPS) is 12.6. The van der Waals surface area contributed by atoms with E-state index in [0.29, 0.717) is 0 Å². The molecule has 0 spiro atoms. The minimum Gasteiger partial charge on any atom is -0.493 e. The predicted octanol–water partition coefficient (Wildman–Crippen LogP) is 2.80. The molecule has 1 atom stereocenters. The van der Waals surface area contributed by atoms with Gasteiger partial charge in [0.25, 0.3) is 0 Å². The largest absolute Gasteiger partial charge is 0.493 e. The highest BCUT2D eigenvalue weighted by molar-refractivity contribution is 5.38. The number of benzene rings is 1. The highest BCUT2D eigenvalue weighted by Crippen LogP contribution is 2.24. The van der Waals surface area contributed by atoms with Crippen LogP contribution in [0.1, 0.15) is 37.4 Å². The lowest BCUT2D eigenvalue weighted by Crippen LogP contribution is -2.08. The summed E-state index contributed by atoms with van der Waals surface area (Å²) in [6.45, 7) is 6.89. The van der Waals surface area contributed by atoms with Crippen molar-refractivity contribution in [3.63, 3.8) is 0 Å². The van der Waals surface area contributed by atoms with Crippen molar-refractivity contribution in [1.29, 1.82) is 0 Å².